The Morgan fingerprint density at radius 1 is 1.20 bits per heavy atom. The molecule has 1 aliphatic heterocycles. The van der Waals surface area contributed by atoms with Crippen molar-refractivity contribution in [3.8, 4) is 5.75 Å². The second-order valence-corrected chi connectivity index (χ2v) is 8.95. The molecule has 0 aliphatic carbocycles. The van der Waals surface area contributed by atoms with Gasteiger partial charge in [0.25, 0.3) is 5.91 Å². The number of hydrogen-bond donors (Lipinski definition) is 2. The predicted molar refractivity (Wildman–Crippen MR) is 132 cm³/mol. The average molecular weight is 511 g/mol. The number of ether oxygens (including phenoxy) is 1. The Bertz CT molecular complexity index is 1470. The topological polar surface area (TPSA) is 95.8 Å². The number of nitrogens with one attached hydrogen (secondary N) is 1. The number of aliphatic hydroxyl groups excluding tert-OH is 1. The number of fused-ring (bicyclic) bond motifs is 1. The van der Waals surface area contributed by atoms with Crippen molar-refractivity contribution in [3.63, 3.8) is 0 Å². The van der Waals surface area contributed by atoms with Gasteiger partial charge in [0.15, 0.2) is 11.5 Å². The summed E-state index contributed by atoms with van der Waals surface area (Å²) in [5.74, 6) is -1.14. The summed E-state index contributed by atoms with van der Waals surface area (Å²) in [7, 11) is 1.60. The minimum atomic E-state index is -0.912. The zero-order valence-electron chi connectivity index (χ0n) is 18.5. The molecule has 7 nitrogen and oxygen atoms in total. The van der Waals surface area contributed by atoms with Crippen LogP contribution in [0.5, 0.6) is 5.75 Å². The van der Waals surface area contributed by atoms with Gasteiger partial charge in [-0.15, -0.1) is 0 Å². The number of benzene rings is 2. The monoisotopic (exact) mass is 510 g/mol. The number of furan rings is 1. The summed E-state index contributed by atoms with van der Waals surface area (Å²) < 4.78 is 10.6. The number of rotatable bonds is 7. The Hall–Kier alpha value is -3.68. The fourth-order valence-electron chi connectivity index (χ4n) is 4.44. The number of aromatic amines is 1. The van der Waals surface area contributed by atoms with Crippen LogP contribution in [0.25, 0.3) is 10.9 Å². The first-order valence-electron chi connectivity index (χ1n) is 10.8. The highest BCUT2D eigenvalue weighted by molar-refractivity contribution is 6.35. The second kappa shape index (κ2) is 9.17. The Labute approximate surface area is 210 Å². The maximum absolute atomic E-state index is 13.3. The SMILES string of the molecule is COc1ccc2[nH]cc(CCN3C(=O)C(O)=C(C(=O)c4ccco4)C3c3ccc(Cl)cc3Cl)c2c1. The lowest BCUT2D eigenvalue weighted by Gasteiger charge is -2.27. The molecular formula is C26H20Cl2N2O5. The molecular weight excluding hydrogens is 491 g/mol. The van der Waals surface area contributed by atoms with Gasteiger partial charge in [-0.2, -0.15) is 0 Å². The Morgan fingerprint density at radius 2 is 2.03 bits per heavy atom. The van der Waals surface area contributed by atoms with Crippen molar-refractivity contribution < 1.29 is 23.8 Å². The van der Waals surface area contributed by atoms with Gasteiger partial charge in [-0.25, -0.2) is 0 Å². The van der Waals surface area contributed by atoms with Crippen LogP contribution >= 0.6 is 23.2 Å². The summed E-state index contributed by atoms with van der Waals surface area (Å²) in [5.41, 5.74) is 2.28. The van der Waals surface area contributed by atoms with E-state index < -0.39 is 23.5 Å². The van der Waals surface area contributed by atoms with Gasteiger partial charge in [-0.3, -0.25) is 9.59 Å². The Kier molecular flexibility index (Phi) is 6.05. The normalized spacial score (nSPS) is 15.9. The molecule has 1 aliphatic rings. The minimum absolute atomic E-state index is 0.0139. The van der Waals surface area contributed by atoms with Crippen LogP contribution in [0.15, 0.2) is 76.7 Å². The quantitative estimate of drug-likeness (QED) is 0.302. The van der Waals surface area contributed by atoms with Crippen LogP contribution < -0.4 is 4.74 Å². The molecule has 0 bridgehead atoms. The summed E-state index contributed by atoms with van der Waals surface area (Å²) in [6.07, 6.45) is 3.68. The molecule has 2 aromatic heterocycles. The van der Waals surface area contributed by atoms with Gasteiger partial charge >= 0.3 is 0 Å². The van der Waals surface area contributed by atoms with Crippen LogP contribution in [0.3, 0.4) is 0 Å². The first-order valence-corrected chi connectivity index (χ1v) is 11.6. The summed E-state index contributed by atoms with van der Waals surface area (Å²) in [4.78, 5) is 31.1. The first kappa shape index (κ1) is 23.1. The Morgan fingerprint density at radius 3 is 2.74 bits per heavy atom. The standard InChI is InChI=1S/C26H20Cl2N2O5/c1-34-16-5-7-20-18(12-16)14(13-29-20)8-9-30-23(17-6-4-15(27)11-19(17)28)22(25(32)26(30)33)24(31)21-3-2-10-35-21/h2-7,10-13,23,29,32H,8-9H2,1H3. The highest BCUT2D eigenvalue weighted by Gasteiger charge is 2.45. The molecule has 0 spiro atoms. The summed E-state index contributed by atoms with van der Waals surface area (Å²) in [5, 5.41) is 12.5. The number of aromatic nitrogens is 1. The molecule has 5 rings (SSSR count). The number of methoxy groups -OCH3 is 1. The van der Waals surface area contributed by atoms with Crippen LogP contribution in [0, 0.1) is 0 Å². The highest BCUT2D eigenvalue weighted by Crippen LogP contribution is 2.42. The number of nitrogens with zero attached hydrogens (tertiary/aromatic N) is 1. The van der Waals surface area contributed by atoms with Crippen LogP contribution in [0.2, 0.25) is 10.0 Å². The van der Waals surface area contributed by atoms with Crippen LogP contribution in [0.4, 0.5) is 0 Å². The molecule has 1 unspecified atom stereocenters. The van der Waals surface area contributed by atoms with Crippen molar-refractivity contribution in [2.45, 2.75) is 12.5 Å². The molecule has 35 heavy (non-hydrogen) atoms. The van der Waals surface area contributed by atoms with E-state index in [1.807, 2.05) is 24.4 Å². The molecule has 0 radical (unpaired) electrons. The molecule has 0 saturated heterocycles. The van der Waals surface area contributed by atoms with E-state index in [-0.39, 0.29) is 22.9 Å². The van der Waals surface area contributed by atoms with Crippen molar-refractivity contribution in [1.29, 1.82) is 0 Å². The second-order valence-electron chi connectivity index (χ2n) is 8.11. The lowest BCUT2D eigenvalue weighted by molar-refractivity contribution is -0.129. The smallest absolute Gasteiger partial charge is 0.290 e. The van der Waals surface area contributed by atoms with E-state index in [2.05, 4.69) is 4.98 Å². The van der Waals surface area contributed by atoms with Crippen LogP contribution in [0.1, 0.15) is 27.7 Å². The molecule has 1 atom stereocenters. The van der Waals surface area contributed by atoms with Gasteiger partial charge in [0.1, 0.15) is 5.75 Å². The highest BCUT2D eigenvalue weighted by atomic mass is 35.5. The van der Waals surface area contributed by atoms with Crippen LogP contribution in [-0.4, -0.2) is 40.3 Å². The molecule has 1 amide bonds. The maximum Gasteiger partial charge on any atom is 0.290 e. The van der Waals surface area contributed by atoms with Crippen molar-refractivity contribution >= 4 is 45.8 Å². The molecule has 178 valence electrons. The van der Waals surface area contributed by atoms with E-state index in [1.165, 1.54) is 23.3 Å². The number of carbonyl (C=O) groups excluding carboxylic acids is 2. The number of Topliss-reactive ketones (excluding diaryl/α,β-unsaturated/α-hetero) is 1. The van der Waals surface area contributed by atoms with Gasteiger partial charge in [0, 0.05) is 33.7 Å². The third-order valence-corrected chi connectivity index (χ3v) is 6.71. The lowest BCUT2D eigenvalue weighted by Crippen LogP contribution is -2.33. The lowest BCUT2D eigenvalue weighted by atomic mass is 9.94. The van der Waals surface area contributed by atoms with Crippen LogP contribution in [-0.2, 0) is 11.2 Å². The van der Waals surface area contributed by atoms with Gasteiger partial charge < -0.3 is 24.1 Å². The van der Waals surface area contributed by atoms with Gasteiger partial charge in [-0.1, -0.05) is 29.3 Å². The van der Waals surface area contributed by atoms with Gasteiger partial charge in [0.2, 0.25) is 5.78 Å². The van der Waals surface area contributed by atoms with E-state index in [0.29, 0.717) is 22.8 Å². The van der Waals surface area contributed by atoms with E-state index >= 15 is 0 Å². The molecule has 2 N–H and O–H groups in total. The van der Waals surface area contributed by atoms with Crippen molar-refractivity contribution in [3.05, 3.63) is 99.3 Å². The molecule has 9 heteroatoms. The Balaban J connectivity index is 1.53. The largest absolute Gasteiger partial charge is 0.503 e. The number of H-pyrrole nitrogens is 1. The van der Waals surface area contributed by atoms with Crippen molar-refractivity contribution in [2.24, 2.45) is 0 Å². The third kappa shape index (κ3) is 4.07. The molecule has 3 heterocycles. The zero-order valence-corrected chi connectivity index (χ0v) is 20.1. The summed E-state index contributed by atoms with van der Waals surface area (Å²) in [6.45, 7) is 0.214. The molecule has 2 aromatic carbocycles. The van der Waals surface area contributed by atoms with Crippen molar-refractivity contribution in [1.82, 2.24) is 9.88 Å². The average Bonchev–Trinajstić information content (AvgIpc) is 3.57. The minimum Gasteiger partial charge on any atom is -0.503 e. The number of carbonyl (C=O) groups is 2. The predicted octanol–water partition coefficient (Wildman–Crippen LogP) is 5.90. The fraction of sp³-hybridized carbons (Fsp3) is 0.154. The number of ketones is 1. The number of amides is 1. The van der Waals surface area contributed by atoms with Crippen molar-refractivity contribution in [2.75, 3.05) is 13.7 Å². The summed E-state index contributed by atoms with van der Waals surface area (Å²) >= 11 is 12.6. The fourth-order valence-corrected chi connectivity index (χ4v) is 4.95. The maximum atomic E-state index is 13.3. The van der Waals surface area contributed by atoms with Gasteiger partial charge in [-0.05, 0) is 60.0 Å². The molecule has 0 saturated carbocycles. The van der Waals surface area contributed by atoms with Gasteiger partial charge in [0.05, 0.1) is 25.0 Å². The number of halogens is 2. The molecule has 4 aromatic rings. The molecule has 0 fully saturated rings. The zero-order chi connectivity index (χ0) is 24.7. The van der Waals surface area contributed by atoms with E-state index in [9.17, 15) is 14.7 Å². The first-order chi connectivity index (χ1) is 16.9. The van der Waals surface area contributed by atoms with E-state index in [4.69, 9.17) is 32.4 Å². The number of aliphatic hydroxyl groups is 1. The summed E-state index contributed by atoms with van der Waals surface area (Å²) in [6, 6.07) is 12.7. The van der Waals surface area contributed by atoms with E-state index in [0.717, 1.165) is 16.5 Å². The number of hydrogen-bond acceptors (Lipinski definition) is 5. The third-order valence-electron chi connectivity index (χ3n) is 6.15. The van der Waals surface area contributed by atoms with E-state index in [1.54, 1.807) is 25.3 Å².